The number of hydrogen-bond donors (Lipinski definition) is 1. The van der Waals surface area contributed by atoms with Gasteiger partial charge in [0.15, 0.2) is 5.69 Å². The van der Waals surface area contributed by atoms with Crippen molar-refractivity contribution in [1.29, 1.82) is 0 Å². The monoisotopic (exact) mass is 800 g/mol. The number of benzene rings is 3. The first-order chi connectivity index (χ1) is 22.3. The molecule has 0 aliphatic heterocycles. The van der Waals surface area contributed by atoms with Gasteiger partial charge in [0.05, 0.1) is 16.0 Å². The molecule has 0 fully saturated rings. The molecule has 1 radical (unpaired) electrons. The van der Waals surface area contributed by atoms with Gasteiger partial charge in [-0.15, -0.1) is 53.1 Å². The van der Waals surface area contributed by atoms with Crippen molar-refractivity contribution < 1.29 is 39.9 Å². The van der Waals surface area contributed by atoms with Gasteiger partial charge in [0, 0.05) is 55.2 Å². The van der Waals surface area contributed by atoms with E-state index in [4.69, 9.17) is 10.1 Å². The van der Waals surface area contributed by atoms with Crippen LogP contribution >= 0.6 is 0 Å². The number of nitrogens with zero attached hydrogens (tertiary/aromatic N) is 5. The van der Waals surface area contributed by atoms with Crippen molar-refractivity contribution in [2.75, 3.05) is 0 Å². The molecule has 1 aliphatic rings. The summed E-state index contributed by atoms with van der Waals surface area (Å²) >= 11 is 0. The van der Waals surface area contributed by atoms with Gasteiger partial charge >= 0.3 is 5.97 Å². The maximum absolute atomic E-state index is 11.7. The molecule has 3 heterocycles. The number of non-ortho nitro benzene ring substituents is 2. The summed E-state index contributed by atoms with van der Waals surface area (Å²) in [5.41, 5.74) is 3.68. The first-order valence-corrected chi connectivity index (χ1v) is 13.8. The quantitative estimate of drug-likeness (QED) is 0.110. The molecule has 6 aromatic rings. The van der Waals surface area contributed by atoms with Crippen LogP contribution in [-0.2, 0) is 25.5 Å². The van der Waals surface area contributed by atoms with E-state index in [1.54, 1.807) is 30.5 Å². The Kier molecular flexibility index (Phi) is 9.36. The van der Waals surface area contributed by atoms with Crippen molar-refractivity contribution in [3.05, 3.63) is 182 Å². The summed E-state index contributed by atoms with van der Waals surface area (Å²) in [6.45, 7) is 0. The third-order valence-electron chi connectivity index (χ3n) is 7.47. The number of aromatic carboxylic acids is 1. The largest absolute Gasteiger partial charge is 0.477 e. The van der Waals surface area contributed by atoms with E-state index in [0.717, 1.165) is 5.56 Å². The van der Waals surface area contributed by atoms with E-state index in [1.165, 1.54) is 36.5 Å². The minimum absolute atomic E-state index is 0. The summed E-state index contributed by atoms with van der Waals surface area (Å²) in [6, 6.07) is 37.1. The number of hydrogen-bond acceptors (Lipinski definition) is 8. The maximum Gasteiger partial charge on any atom is 0.354 e. The maximum atomic E-state index is 11.7. The van der Waals surface area contributed by atoms with Crippen LogP contribution < -0.4 is 0 Å². The van der Waals surface area contributed by atoms with Gasteiger partial charge in [0.1, 0.15) is 5.69 Å². The summed E-state index contributed by atoms with van der Waals surface area (Å²) in [6.07, 6.45) is 3.11. The Morgan fingerprint density at radius 1 is 0.745 bits per heavy atom. The van der Waals surface area contributed by atoms with E-state index in [0.29, 0.717) is 39.3 Å². The van der Waals surface area contributed by atoms with Crippen LogP contribution in [0.3, 0.4) is 0 Å². The fraction of sp³-hybridized carbons (Fsp3) is 0.0286. The second-order valence-electron chi connectivity index (χ2n) is 10.1. The Balaban J connectivity index is 0.000000377. The summed E-state index contributed by atoms with van der Waals surface area (Å²) < 4.78 is 0. The zero-order valence-corrected chi connectivity index (χ0v) is 26.5. The first-order valence-electron chi connectivity index (χ1n) is 13.8. The van der Waals surface area contributed by atoms with Gasteiger partial charge in [-0.2, -0.15) is 6.07 Å². The molecule has 0 saturated carbocycles. The van der Waals surface area contributed by atoms with Crippen molar-refractivity contribution in [3.8, 4) is 22.4 Å². The van der Waals surface area contributed by atoms with Crippen LogP contribution in [0.25, 0.3) is 22.4 Å². The van der Waals surface area contributed by atoms with Crippen molar-refractivity contribution >= 4 is 17.3 Å². The van der Waals surface area contributed by atoms with Gasteiger partial charge < -0.3 is 5.11 Å². The second-order valence-corrected chi connectivity index (χ2v) is 10.1. The number of carboxylic acid groups (broad SMARTS) is 1. The van der Waals surface area contributed by atoms with Crippen molar-refractivity contribution in [3.63, 3.8) is 0 Å². The molecule has 0 unspecified atom stereocenters. The first kappa shape index (κ1) is 32.4. The third kappa shape index (κ3) is 6.02. The molecule has 0 bridgehead atoms. The Bertz CT molecular complexity index is 2030. The van der Waals surface area contributed by atoms with Crippen LogP contribution in [0.4, 0.5) is 11.4 Å². The molecule has 233 valence electrons. The van der Waals surface area contributed by atoms with Gasteiger partial charge in [0.2, 0.25) is 0 Å². The number of fused-ring (bicyclic) bond motifs is 3. The number of pyridine rings is 3. The van der Waals surface area contributed by atoms with Gasteiger partial charge in [-0.3, -0.25) is 30.2 Å². The van der Waals surface area contributed by atoms with Gasteiger partial charge in [-0.05, 0) is 41.6 Å². The molecule has 1 atom stereocenters. The smallest absolute Gasteiger partial charge is 0.354 e. The SMILES string of the molecule is O=C(O)c1ccccn1.O=[N+]([O-])c1c[c-]c2c(c1)-c1cc([N+](=O)[O-])ccc1[C@]2(c1ccccn1)c1cccc(-c2[c-]cccc2)n1.[Ir]. The van der Waals surface area contributed by atoms with Crippen molar-refractivity contribution in [2.24, 2.45) is 0 Å². The molecule has 12 heteroatoms. The molecule has 3 aromatic carbocycles. The summed E-state index contributed by atoms with van der Waals surface area (Å²) in [7, 11) is 0. The third-order valence-corrected chi connectivity index (χ3v) is 7.47. The zero-order valence-electron chi connectivity index (χ0n) is 24.1. The number of nitro groups is 2. The Hall–Kier alpha value is -5.97. The molecular formula is C35H21IrN5O6-2. The van der Waals surface area contributed by atoms with E-state index in [1.807, 2.05) is 54.6 Å². The van der Waals surface area contributed by atoms with E-state index in [-0.39, 0.29) is 37.2 Å². The second kappa shape index (κ2) is 13.6. The minimum atomic E-state index is -1.11. The summed E-state index contributed by atoms with van der Waals surface area (Å²) in [5.74, 6) is -0.990. The Morgan fingerprint density at radius 2 is 1.45 bits per heavy atom. The number of aromatic nitrogens is 3. The summed E-state index contributed by atoms with van der Waals surface area (Å²) in [5, 5.41) is 31.6. The van der Waals surface area contributed by atoms with Crippen LogP contribution in [0.15, 0.2) is 122 Å². The van der Waals surface area contributed by atoms with Crippen molar-refractivity contribution in [1.82, 2.24) is 15.0 Å². The molecule has 3 aromatic heterocycles. The van der Waals surface area contributed by atoms with Gasteiger partial charge in [-0.1, -0.05) is 42.0 Å². The van der Waals surface area contributed by atoms with E-state index in [2.05, 4.69) is 22.1 Å². The molecule has 0 amide bonds. The van der Waals surface area contributed by atoms with Crippen LogP contribution in [-0.4, -0.2) is 35.9 Å². The predicted molar refractivity (Wildman–Crippen MR) is 167 cm³/mol. The number of carboxylic acids is 1. The van der Waals surface area contributed by atoms with Crippen molar-refractivity contribution in [2.45, 2.75) is 5.41 Å². The fourth-order valence-electron chi connectivity index (χ4n) is 5.53. The van der Waals surface area contributed by atoms with Gasteiger partial charge in [-0.25, -0.2) is 9.78 Å². The van der Waals surface area contributed by atoms with E-state index < -0.39 is 21.2 Å². The predicted octanol–water partition coefficient (Wildman–Crippen LogP) is 6.70. The average molecular weight is 800 g/mol. The average Bonchev–Trinajstić information content (AvgIpc) is 3.39. The number of nitro benzene ring substituents is 2. The Morgan fingerprint density at radius 3 is 2.06 bits per heavy atom. The fourth-order valence-corrected chi connectivity index (χ4v) is 5.53. The molecule has 47 heavy (non-hydrogen) atoms. The molecule has 1 N–H and O–H groups in total. The number of carbonyl (C=O) groups is 1. The zero-order chi connectivity index (χ0) is 32.3. The van der Waals surface area contributed by atoms with E-state index in [9.17, 15) is 25.0 Å². The normalized spacial score (nSPS) is 14.0. The molecular weight excluding hydrogens is 779 g/mol. The molecule has 0 saturated heterocycles. The van der Waals surface area contributed by atoms with Crippen LogP contribution in [0.1, 0.15) is 33.0 Å². The standard InChI is InChI=1S/C29H16N4O4.C6H5NO2.Ir/c34-32(35)20-12-14-24-22(17-20)23-18-21(33(36)37)13-15-25(23)29(24,27-10-4-5-16-30-27)28-11-6-9-26(31-28)19-7-2-1-3-8-19;8-6(9)5-3-1-2-4-7-5;/h1-7,9-14,16-18H;1-4H,(H,8,9);/q-2;;/t29-;;/m0../s1. The molecule has 11 nitrogen and oxygen atoms in total. The molecule has 1 aliphatic carbocycles. The Labute approximate surface area is 281 Å². The van der Waals surface area contributed by atoms with E-state index >= 15 is 0 Å². The molecule has 7 rings (SSSR count). The van der Waals surface area contributed by atoms with Gasteiger partial charge in [0.25, 0.3) is 5.69 Å². The van der Waals surface area contributed by atoms with Crippen LogP contribution in [0, 0.1) is 32.4 Å². The van der Waals surface area contributed by atoms with Crippen LogP contribution in [0.5, 0.6) is 0 Å². The summed E-state index contributed by atoms with van der Waals surface area (Å²) in [4.78, 5) is 45.7. The van der Waals surface area contributed by atoms with Crippen LogP contribution in [0.2, 0.25) is 0 Å². The topological polar surface area (TPSA) is 162 Å². The number of rotatable bonds is 6. The minimum Gasteiger partial charge on any atom is -0.477 e. The molecule has 0 spiro atoms.